The summed E-state index contributed by atoms with van der Waals surface area (Å²) >= 11 is 5.41. The molecule has 6 nitrogen and oxygen atoms in total. The number of aromatic nitrogens is 3. The molecule has 0 aliphatic rings. The van der Waals surface area contributed by atoms with Gasteiger partial charge in [-0.05, 0) is 72.0 Å². The first-order chi connectivity index (χ1) is 12.9. The van der Waals surface area contributed by atoms with Crippen molar-refractivity contribution in [2.24, 2.45) is 5.18 Å². The Labute approximate surface area is 163 Å². The zero-order valence-corrected chi connectivity index (χ0v) is 16.6. The average molecular weight is 382 g/mol. The van der Waals surface area contributed by atoms with Crippen LogP contribution in [0.4, 0.5) is 5.69 Å². The molecule has 7 heteroatoms. The lowest BCUT2D eigenvalue weighted by Gasteiger charge is -2.16. The number of nitrogens with zero attached hydrogens (tertiary/aromatic N) is 3. The highest BCUT2D eigenvalue weighted by Gasteiger charge is 2.15. The van der Waals surface area contributed by atoms with Gasteiger partial charge in [-0.3, -0.25) is 9.67 Å². The number of aromatic amines is 1. The Morgan fingerprint density at radius 3 is 2.63 bits per heavy atom. The number of aryl methyl sites for hydroxylation is 2. The Hall–Kier alpha value is -2.80. The molecule has 0 amide bonds. The normalized spacial score (nSPS) is 11.0. The second kappa shape index (κ2) is 7.84. The van der Waals surface area contributed by atoms with Gasteiger partial charge in [0, 0.05) is 0 Å². The fourth-order valence-corrected chi connectivity index (χ4v) is 3.24. The van der Waals surface area contributed by atoms with Crippen molar-refractivity contribution in [3.63, 3.8) is 0 Å². The molecule has 3 rings (SSSR count). The number of benzene rings is 2. The Bertz CT molecular complexity index is 1040. The number of nitroso groups, excluding NO2 is 1. The molecule has 0 saturated carbocycles. The SMILES string of the molecule is Cc1cc(OCc2n[nH]c(=S)n2-c2ccccc2C)c(C(C)C)cc1N=O. The van der Waals surface area contributed by atoms with Crippen LogP contribution in [0.1, 0.15) is 42.3 Å². The minimum Gasteiger partial charge on any atom is -0.485 e. The van der Waals surface area contributed by atoms with Crippen molar-refractivity contribution in [3.8, 4) is 11.4 Å². The largest absolute Gasteiger partial charge is 0.485 e. The number of hydrogen-bond donors (Lipinski definition) is 1. The van der Waals surface area contributed by atoms with Crippen molar-refractivity contribution >= 4 is 17.9 Å². The van der Waals surface area contributed by atoms with E-state index < -0.39 is 0 Å². The van der Waals surface area contributed by atoms with Crippen LogP contribution in [0.15, 0.2) is 41.6 Å². The lowest BCUT2D eigenvalue weighted by molar-refractivity contribution is 0.289. The molecule has 140 valence electrons. The molecule has 0 bridgehead atoms. The second-order valence-electron chi connectivity index (χ2n) is 6.78. The molecule has 2 aromatic carbocycles. The highest BCUT2D eigenvalue weighted by atomic mass is 32.1. The fraction of sp³-hybridized carbons (Fsp3) is 0.300. The van der Waals surface area contributed by atoms with Crippen molar-refractivity contribution in [3.05, 3.63) is 68.6 Å². The summed E-state index contributed by atoms with van der Waals surface area (Å²) in [5.41, 5.74) is 4.22. The molecule has 1 N–H and O–H groups in total. The molecule has 0 aliphatic heterocycles. The molecule has 0 saturated heterocycles. The number of H-pyrrole nitrogens is 1. The van der Waals surface area contributed by atoms with Gasteiger partial charge in [-0.1, -0.05) is 32.0 Å². The summed E-state index contributed by atoms with van der Waals surface area (Å²) in [6.45, 7) is 8.22. The van der Waals surface area contributed by atoms with Gasteiger partial charge in [0.15, 0.2) is 10.6 Å². The summed E-state index contributed by atoms with van der Waals surface area (Å²) in [5, 5.41) is 10.3. The Balaban J connectivity index is 1.95. The van der Waals surface area contributed by atoms with Crippen molar-refractivity contribution in [1.29, 1.82) is 0 Å². The molecular formula is C20H22N4O2S. The zero-order valence-electron chi connectivity index (χ0n) is 15.8. The van der Waals surface area contributed by atoms with Gasteiger partial charge in [-0.15, -0.1) is 4.91 Å². The van der Waals surface area contributed by atoms with Gasteiger partial charge in [0.05, 0.1) is 5.69 Å². The fourth-order valence-electron chi connectivity index (χ4n) is 2.99. The third-order valence-electron chi connectivity index (χ3n) is 4.50. The molecule has 0 atom stereocenters. The third-order valence-corrected chi connectivity index (χ3v) is 4.78. The molecule has 0 radical (unpaired) electrons. The van der Waals surface area contributed by atoms with E-state index in [4.69, 9.17) is 17.0 Å². The summed E-state index contributed by atoms with van der Waals surface area (Å²) in [5.74, 6) is 1.60. The Morgan fingerprint density at radius 2 is 1.96 bits per heavy atom. The van der Waals surface area contributed by atoms with Crippen LogP contribution in [-0.2, 0) is 6.61 Å². The first-order valence-corrected chi connectivity index (χ1v) is 9.16. The van der Waals surface area contributed by atoms with Crippen molar-refractivity contribution in [2.45, 2.75) is 40.2 Å². The van der Waals surface area contributed by atoms with E-state index in [0.29, 0.717) is 16.3 Å². The number of para-hydroxylation sites is 1. The van der Waals surface area contributed by atoms with Gasteiger partial charge in [0.25, 0.3) is 0 Å². The van der Waals surface area contributed by atoms with E-state index in [9.17, 15) is 4.91 Å². The van der Waals surface area contributed by atoms with Crippen LogP contribution in [0.25, 0.3) is 5.69 Å². The van der Waals surface area contributed by atoms with Gasteiger partial charge in [-0.2, -0.15) is 5.10 Å². The highest BCUT2D eigenvalue weighted by Crippen LogP contribution is 2.34. The van der Waals surface area contributed by atoms with Gasteiger partial charge in [-0.25, -0.2) is 0 Å². The summed E-state index contributed by atoms with van der Waals surface area (Å²) in [6, 6.07) is 11.6. The van der Waals surface area contributed by atoms with Gasteiger partial charge >= 0.3 is 0 Å². The smallest absolute Gasteiger partial charge is 0.199 e. The first-order valence-electron chi connectivity index (χ1n) is 8.75. The Kier molecular flexibility index (Phi) is 5.51. The maximum Gasteiger partial charge on any atom is 0.199 e. The van der Waals surface area contributed by atoms with Crippen molar-refractivity contribution in [1.82, 2.24) is 14.8 Å². The van der Waals surface area contributed by atoms with Gasteiger partial charge in [0.2, 0.25) is 0 Å². The summed E-state index contributed by atoms with van der Waals surface area (Å²) in [7, 11) is 0. The van der Waals surface area contributed by atoms with Crippen molar-refractivity contribution < 1.29 is 4.74 Å². The standard InChI is InChI=1S/C20H22N4O2S/c1-12(2)15-10-16(23-25)14(4)9-18(15)26-11-19-21-22-20(27)24(19)17-8-6-5-7-13(17)3/h5-10,12H,11H2,1-4H3,(H,22,27). The molecule has 1 heterocycles. The van der Waals surface area contributed by atoms with Crippen LogP contribution < -0.4 is 4.74 Å². The maximum absolute atomic E-state index is 11.0. The lowest BCUT2D eigenvalue weighted by Crippen LogP contribution is -2.08. The molecule has 0 unspecified atom stereocenters. The van der Waals surface area contributed by atoms with E-state index in [0.717, 1.165) is 28.1 Å². The Morgan fingerprint density at radius 1 is 1.22 bits per heavy atom. The van der Waals surface area contributed by atoms with Crippen LogP contribution >= 0.6 is 12.2 Å². The van der Waals surface area contributed by atoms with E-state index in [1.165, 1.54) is 0 Å². The number of ether oxygens (including phenoxy) is 1. The van der Waals surface area contributed by atoms with E-state index in [1.54, 1.807) is 6.07 Å². The minimum absolute atomic E-state index is 0.193. The monoisotopic (exact) mass is 382 g/mol. The number of rotatable bonds is 6. The minimum atomic E-state index is 0.193. The topological polar surface area (TPSA) is 72.3 Å². The molecule has 0 spiro atoms. The van der Waals surface area contributed by atoms with Crippen molar-refractivity contribution in [2.75, 3.05) is 0 Å². The maximum atomic E-state index is 11.0. The summed E-state index contributed by atoms with van der Waals surface area (Å²) in [6.07, 6.45) is 0. The molecule has 3 aromatic rings. The average Bonchev–Trinajstić information content (AvgIpc) is 3.00. The quantitative estimate of drug-likeness (QED) is 0.442. The van der Waals surface area contributed by atoms with E-state index >= 15 is 0 Å². The molecule has 0 fully saturated rings. The highest BCUT2D eigenvalue weighted by molar-refractivity contribution is 7.71. The lowest BCUT2D eigenvalue weighted by atomic mass is 9.99. The van der Waals surface area contributed by atoms with Gasteiger partial charge < -0.3 is 4.74 Å². The zero-order chi connectivity index (χ0) is 19.6. The van der Waals surface area contributed by atoms with Crippen LogP contribution in [-0.4, -0.2) is 14.8 Å². The molecule has 27 heavy (non-hydrogen) atoms. The molecule has 1 aromatic heterocycles. The predicted molar refractivity (Wildman–Crippen MR) is 109 cm³/mol. The number of hydrogen-bond acceptors (Lipinski definition) is 5. The van der Waals surface area contributed by atoms with E-state index in [1.807, 2.05) is 48.7 Å². The van der Waals surface area contributed by atoms with Crippen LogP contribution in [0, 0.1) is 23.5 Å². The van der Waals surface area contributed by atoms with Crippen LogP contribution in [0.5, 0.6) is 5.75 Å². The van der Waals surface area contributed by atoms with Gasteiger partial charge in [0.1, 0.15) is 18.0 Å². The second-order valence-corrected chi connectivity index (χ2v) is 7.16. The van der Waals surface area contributed by atoms with E-state index in [-0.39, 0.29) is 12.5 Å². The van der Waals surface area contributed by atoms with E-state index in [2.05, 4.69) is 29.2 Å². The summed E-state index contributed by atoms with van der Waals surface area (Å²) in [4.78, 5) is 11.0. The van der Waals surface area contributed by atoms with Crippen LogP contribution in [0.3, 0.4) is 0 Å². The molecule has 0 aliphatic carbocycles. The number of nitrogens with one attached hydrogen (secondary N) is 1. The first kappa shape index (κ1) is 19.0. The molecular weight excluding hydrogens is 360 g/mol. The predicted octanol–water partition coefficient (Wildman–Crippen LogP) is 5.65. The third kappa shape index (κ3) is 3.83. The van der Waals surface area contributed by atoms with Crippen LogP contribution in [0.2, 0.25) is 0 Å². The summed E-state index contributed by atoms with van der Waals surface area (Å²) < 4.78 is 8.49.